The van der Waals surface area contributed by atoms with Crippen LogP contribution in [0.5, 0.6) is 0 Å². The van der Waals surface area contributed by atoms with Crippen LogP contribution in [0.25, 0.3) is 0 Å². The molecule has 3 nitrogen and oxygen atoms in total. The first kappa shape index (κ1) is 27.7. The minimum atomic E-state index is -0.620. The SMILES string of the molecule is C=C1/C(=C\C=C2/CCC[C@]3(C)[C@@H]([C@@H](C)[C@H](CCCC)CCC(C)(C)O)CC[C@@H]23)C[C@@H](O)C[C@@H]1O. The number of aliphatic hydroxyl groups excluding tert-OH is 2. The van der Waals surface area contributed by atoms with Gasteiger partial charge in [-0.25, -0.2) is 0 Å². The maximum atomic E-state index is 10.4. The fraction of sp³-hybridized carbons (Fsp3) is 0.806. The Balaban J connectivity index is 1.77. The molecule has 194 valence electrons. The van der Waals surface area contributed by atoms with Crippen molar-refractivity contribution in [3.05, 3.63) is 35.5 Å². The average molecular weight is 473 g/mol. The summed E-state index contributed by atoms with van der Waals surface area (Å²) in [6.07, 6.45) is 16.5. The highest BCUT2D eigenvalue weighted by Gasteiger charge is 2.51. The maximum absolute atomic E-state index is 10.4. The smallest absolute Gasteiger partial charge is 0.0811 e. The molecule has 3 fully saturated rings. The molecule has 0 aromatic carbocycles. The molecule has 0 spiro atoms. The van der Waals surface area contributed by atoms with Crippen molar-refractivity contribution in [2.75, 3.05) is 0 Å². The second kappa shape index (κ2) is 11.4. The fourth-order valence-corrected chi connectivity index (χ4v) is 7.61. The highest BCUT2D eigenvalue weighted by molar-refractivity contribution is 5.38. The molecule has 3 rings (SSSR count). The number of fused-ring (bicyclic) bond motifs is 1. The molecule has 0 radical (unpaired) electrons. The maximum Gasteiger partial charge on any atom is 0.0811 e. The third-order valence-electron chi connectivity index (χ3n) is 9.74. The van der Waals surface area contributed by atoms with Crippen LogP contribution in [0.2, 0.25) is 0 Å². The van der Waals surface area contributed by atoms with E-state index >= 15 is 0 Å². The van der Waals surface area contributed by atoms with Crippen molar-refractivity contribution in [3.63, 3.8) is 0 Å². The van der Waals surface area contributed by atoms with E-state index in [1.807, 2.05) is 13.8 Å². The standard InChI is InChI=1S/C31H52O3/c1-7-8-10-23(16-18-30(4,5)34)21(2)27-14-15-28-24(11-9-17-31(27,28)6)12-13-25-19-26(32)20-29(33)22(25)3/h12-13,21,23,26-29,32-34H,3,7-11,14-20H2,1-2,4-6H3/b24-12+,25-13-/t21-,23+,26+,27+,28-,29-,31+/m0/s1. The normalized spacial score (nSPS) is 36.6. The van der Waals surface area contributed by atoms with Crippen molar-refractivity contribution in [1.29, 1.82) is 0 Å². The first-order valence-corrected chi connectivity index (χ1v) is 14.1. The van der Waals surface area contributed by atoms with Crippen LogP contribution < -0.4 is 0 Å². The molecule has 0 aromatic rings. The molecule has 0 saturated heterocycles. The number of unbranched alkanes of at least 4 members (excludes halogenated alkanes) is 1. The van der Waals surface area contributed by atoms with Gasteiger partial charge in [-0.15, -0.1) is 0 Å². The van der Waals surface area contributed by atoms with Gasteiger partial charge in [0.05, 0.1) is 17.8 Å². The van der Waals surface area contributed by atoms with Gasteiger partial charge in [-0.05, 0) is 105 Å². The second-order valence-corrected chi connectivity index (χ2v) is 12.8. The largest absolute Gasteiger partial charge is 0.393 e. The lowest BCUT2D eigenvalue weighted by Gasteiger charge is -2.46. The summed E-state index contributed by atoms with van der Waals surface area (Å²) in [6.45, 7) is 15.4. The van der Waals surface area contributed by atoms with Crippen LogP contribution in [0.4, 0.5) is 0 Å². The minimum Gasteiger partial charge on any atom is -0.393 e. The van der Waals surface area contributed by atoms with E-state index in [0.29, 0.717) is 36.0 Å². The van der Waals surface area contributed by atoms with Crippen LogP contribution in [-0.4, -0.2) is 33.1 Å². The Morgan fingerprint density at radius 3 is 2.59 bits per heavy atom. The van der Waals surface area contributed by atoms with Gasteiger partial charge in [-0.1, -0.05) is 64.3 Å². The molecule has 3 N–H and O–H groups in total. The van der Waals surface area contributed by atoms with Gasteiger partial charge >= 0.3 is 0 Å². The average Bonchev–Trinajstić information content (AvgIpc) is 3.11. The van der Waals surface area contributed by atoms with Gasteiger partial charge in [0.25, 0.3) is 0 Å². The molecule has 0 amide bonds. The minimum absolute atomic E-state index is 0.351. The second-order valence-electron chi connectivity index (χ2n) is 12.8. The van der Waals surface area contributed by atoms with Crippen molar-refractivity contribution in [2.45, 2.75) is 129 Å². The highest BCUT2D eigenvalue weighted by atomic mass is 16.3. The Bertz CT molecular complexity index is 757. The van der Waals surface area contributed by atoms with E-state index in [1.165, 1.54) is 51.4 Å². The van der Waals surface area contributed by atoms with Gasteiger partial charge in [0.1, 0.15) is 0 Å². The monoisotopic (exact) mass is 472 g/mol. The Hall–Kier alpha value is -0.900. The molecule has 0 bridgehead atoms. The zero-order valence-electron chi connectivity index (χ0n) is 22.7. The lowest BCUT2D eigenvalue weighted by atomic mass is 9.59. The molecular weight excluding hydrogens is 420 g/mol. The van der Waals surface area contributed by atoms with E-state index in [9.17, 15) is 15.3 Å². The van der Waals surface area contributed by atoms with Crippen molar-refractivity contribution < 1.29 is 15.3 Å². The van der Waals surface area contributed by atoms with Crippen LogP contribution >= 0.6 is 0 Å². The first-order chi connectivity index (χ1) is 16.0. The molecule has 7 atom stereocenters. The first-order valence-electron chi connectivity index (χ1n) is 14.1. The van der Waals surface area contributed by atoms with Crippen LogP contribution in [0.1, 0.15) is 112 Å². The number of rotatable bonds is 9. The van der Waals surface area contributed by atoms with Crippen LogP contribution in [0.15, 0.2) is 35.5 Å². The summed E-state index contributed by atoms with van der Waals surface area (Å²) in [6, 6.07) is 0. The summed E-state index contributed by atoms with van der Waals surface area (Å²) in [5.41, 5.74) is 3.14. The van der Waals surface area contributed by atoms with Gasteiger partial charge in [-0.2, -0.15) is 0 Å². The summed E-state index contributed by atoms with van der Waals surface area (Å²) in [4.78, 5) is 0. The Morgan fingerprint density at radius 1 is 1.18 bits per heavy atom. The third-order valence-corrected chi connectivity index (χ3v) is 9.74. The summed E-state index contributed by atoms with van der Waals surface area (Å²) < 4.78 is 0. The van der Waals surface area contributed by atoms with Crippen LogP contribution in [-0.2, 0) is 0 Å². The quantitative estimate of drug-likeness (QED) is 0.335. The predicted molar refractivity (Wildman–Crippen MR) is 142 cm³/mol. The molecule has 3 saturated carbocycles. The molecule has 0 aliphatic heterocycles. The van der Waals surface area contributed by atoms with E-state index in [1.54, 1.807) is 5.57 Å². The highest BCUT2D eigenvalue weighted by Crippen LogP contribution is 2.60. The summed E-state index contributed by atoms with van der Waals surface area (Å²) >= 11 is 0. The van der Waals surface area contributed by atoms with E-state index in [0.717, 1.165) is 29.9 Å². The van der Waals surface area contributed by atoms with Crippen LogP contribution in [0.3, 0.4) is 0 Å². The van der Waals surface area contributed by atoms with Crippen molar-refractivity contribution in [1.82, 2.24) is 0 Å². The summed E-state index contributed by atoms with van der Waals surface area (Å²) in [5, 5.41) is 30.7. The van der Waals surface area contributed by atoms with Gasteiger partial charge in [0.2, 0.25) is 0 Å². The fourth-order valence-electron chi connectivity index (χ4n) is 7.61. The van der Waals surface area contributed by atoms with Gasteiger partial charge in [0, 0.05) is 6.42 Å². The van der Waals surface area contributed by atoms with Crippen molar-refractivity contribution in [2.24, 2.45) is 29.1 Å². The predicted octanol–water partition coefficient (Wildman–Crippen LogP) is 7.12. The number of aliphatic hydroxyl groups is 3. The topological polar surface area (TPSA) is 60.7 Å². The number of hydrogen-bond donors (Lipinski definition) is 3. The summed E-state index contributed by atoms with van der Waals surface area (Å²) in [7, 11) is 0. The van der Waals surface area contributed by atoms with E-state index < -0.39 is 17.8 Å². The molecular formula is C31H52O3. The Morgan fingerprint density at radius 2 is 1.91 bits per heavy atom. The number of hydrogen-bond acceptors (Lipinski definition) is 3. The van der Waals surface area contributed by atoms with Gasteiger partial charge in [0.15, 0.2) is 0 Å². The van der Waals surface area contributed by atoms with Crippen LogP contribution in [0, 0.1) is 29.1 Å². The molecule has 0 heterocycles. The van der Waals surface area contributed by atoms with Crippen molar-refractivity contribution >= 4 is 0 Å². The van der Waals surface area contributed by atoms with E-state index in [2.05, 4.69) is 39.5 Å². The lowest BCUT2D eigenvalue weighted by Crippen LogP contribution is -2.38. The molecule has 3 heteroatoms. The zero-order chi connectivity index (χ0) is 25.1. The van der Waals surface area contributed by atoms with Gasteiger partial charge < -0.3 is 15.3 Å². The zero-order valence-corrected chi connectivity index (χ0v) is 22.7. The third kappa shape index (κ3) is 6.45. The molecule has 3 aliphatic carbocycles. The summed E-state index contributed by atoms with van der Waals surface area (Å²) in [5.74, 6) is 2.76. The van der Waals surface area contributed by atoms with E-state index in [-0.39, 0.29) is 0 Å². The van der Waals surface area contributed by atoms with Crippen molar-refractivity contribution in [3.8, 4) is 0 Å². The molecule has 0 aromatic heterocycles. The Kier molecular flexibility index (Phi) is 9.31. The molecule has 3 aliphatic rings. The van der Waals surface area contributed by atoms with E-state index in [4.69, 9.17) is 0 Å². The molecule has 0 unspecified atom stereocenters. The molecule has 34 heavy (non-hydrogen) atoms. The Labute approximate surface area is 209 Å². The number of allylic oxidation sites excluding steroid dienone is 3. The van der Waals surface area contributed by atoms with Gasteiger partial charge in [-0.3, -0.25) is 0 Å². The lowest BCUT2D eigenvalue weighted by molar-refractivity contribution is 0.0390.